The van der Waals surface area contributed by atoms with Crippen molar-refractivity contribution in [1.82, 2.24) is 10.9 Å². The normalized spacial score (nSPS) is 10.0. The van der Waals surface area contributed by atoms with E-state index in [4.69, 9.17) is 0 Å². The number of amides is 2. The van der Waals surface area contributed by atoms with Gasteiger partial charge in [-0.1, -0.05) is 6.58 Å². The summed E-state index contributed by atoms with van der Waals surface area (Å²) >= 11 is 0. The average Bonchev–Trinajstić information content (AvgIpc) is 2.60. The Labute approximate surface area is 143 Å². The van der Waals surface area contributed by atoms with Crippen molar-refractivity contribution in [1.29, 1.82) is 0 Å². The summed E-state index contributed by atoms with van der Waals surface area (Å²) in [6.07, 6.45) is -0.0787. The van der Waals surface area contributed by atoms with Gasteiger partial charge in [0.15, 0.2) is 0 Å². The highest BCUT2D eigenvalue weighted by atomic mass is 19.1. The van der Waals surface area contributed by atoms with Crippen molar-refractivity contribution in [3.05, 3.63) is 72.3 Å². The van der Waals surface area contributed by atoms with Gasteiger partial charge in [0.05, 0.1) is 5.70 Å². The van der Waals surface area contributed by atoms with Gasteiger partial charge < -0.3 is 5.32 Å². The van der Waals surface area contributed by atoms with Crippen LogP contribution in [0.5, 0.6) is 0 Å². The van der Waals surface area contributed by atoms with Crippen LogP contribution >= 0.6 is 0 Å². The van der Waals surface area contributed by atoms with E-state index >= 15 is 0 Å². The first-order chi connectivity index (χ1) is 11.9. The van der Waals surface area contributed by atoms with E-state index < -0.39 is 11.7 Å². The van der Waals surface area contributed by atoms with Gasteiger partial charge in [0.2, 0.25) is 11.8 Å². The average molecular weight is 345 g/mol. The zero-order chi connectivity index (χ0) is 18.2. The number of carbonyl (C=O) groups excluding carboxylic acids is 2. The lowest BCUT2D eigenvalue weighted by Crippen LogP contribution is -2.36. The molecule has 0 aromatic heterocycles. The summed E-state index contributed by atoms with van der Waals surface area (Å²) in [6, 6.07) is 10.9. The lowest BCUT2D eigenvalue weighted by molar-refractivity contribution is -0.124. The molecular formula is C18H17F2N3O2. The molecule has 2 amide bonds. The first-order valence-electron chi connectivity index (χ1n) is 7.49. The second-order valence-corrected chi connectivity index (χ2v) is 5.21. The minimum atomic E-state index is -0.405. The first kappa shape index (κ1) is 18.1. The number of hydrogen-bond acceptors (Lipinski definition) is 3. The largest absolute Gasteiger partial charge is 0.326 e. The quantitative estimate of drug-likeness (QED) is 0.676. The molecule has 0 aliphatic heterocycles. The molecule has 0 radical (unpaired) electrons. The summed E-state index contributed by atoms with van der Waals surface area (Å²) in [7, 11) is 0. The van der Waals surface area contributed by atoms with Gasteiger partial charge in [-0.05, 0) is 54.1 Å². The summed E-state index contributed by atoms with van der Waals surface area (Å²) in [4.78, 5) is 23.5. The summed E-state index contributed by atoms with van der Waals surface area (Å²) < 4.78 is 25.6. The molecule has 0 spiro atoms. The topological polar surface area (TPSA) is 70.2 Å². The number of anilines is 1. The van der Waals surface area contributed by atoms with Gasteiger partial charge in [0.1, 0.15) is 11.6 Å². The molecule has 5 nitrogen and oxygen atoms in total. The van der Waals surface area contributed by atoms with Gasteiger partial charge in [-0.2, -0.15) is 0 Å². The Morgan fingerprint density at radius 1 is 0.800 bits per heavy atom. The van der Waals surface area contributed by atoms with Crippen molar-refractivity contribution in [2.24, 2.45) is 0 Å². The second-order valence-electron chi connectivity index (χ2n) is 5.21. The van der Waals surface area contributed by atoms with Crippen LogP contribution in [0.2, 0.25) is 0 Å². The van der Waals surface area contributed by atoms with Crippen LogP contribution in [0.1, 0.15) is 18.4 Å². The molecule has 2 rings (SSSR count). The van der Waals surface area contributed by atoms with Crippen LogP contribution < -0.4 is 16.2 Å². The number of benzene rings is 2. The lowest BCUT2D eigenvalue weighted by atomic mass is 10.2. The number of carbonyl (C=O) groups is 2. The highest BCUT2D eigenvalue weighted by molar-refractivity contribution is 5.93. The summed E-state index contributed by atoms with van der Waals surface area (Å²) in [5.74, 6) is -1.53. The Morgan fingerprint density at radius 2 is 1.32 bits per heavy atom. The molecule has 0 bridgehead atoms. The second kappa shape index (κ2) is 8.58. The van der Waals surface area contributed by atoms with Gasteiger partial charge in [-0.25, -0.2) is 8.78 Å². The van der Waals surface area contributed by atoms with E-state index in [9.17, 15) is 18.4 Å². The Morgan fingerprint density at radius 3 is 1.92 bits per heavy atom. The zero-order valence-corrected chi connectivity index (χ0v) is 13.3. The monoisotopic (exact) mass is 345 g/mol. The van der Waals surface area contributed by atoms with E-state index in [0.717, 1.165) is 0 Å². The molecule has 25 heavy (non-hydrogen) atoms. The third-order valence-electron chi connectivity index (χ3n) is 3.25. The molecule has 3 N–H and O–H groups in total. The van der Waals surface area contributed by atoms with Crippen molar-refractivity contribution in [3.8, 4) is 0 Å². The summed E-state index contributed by atoms with van der Waals surface area (Å²) in [5.41, 5.74) is 6.49. The third kappa shape index (κ3) is 6.06. The Bertz CT molecular complexity index is 759. The molecule has 2 aromatic carbocycles. The van der Waals surface area contributed by atoms with E-state index in [-0.39, 0.29) is 24.6 Å². The zero-order valence-electron chi connectivity index (χ0n) is 13.3. The Kier molecular flexibility index (Phi) is 6.22. The van der Waals surface area contributed by atoms with E-state index in [1.807, 2.05) is 0 Å². The molecule has 0 saturated heterocycles. The standard InChI is InChI=1S/C18H17F2N3O2/c1-12(13-2-4-14(19)5-3-13)22-23-18(25)11-10-17(24)21-16-8-6-15(20)7-9-16/h2-9,22H,1,10-11H2,(H,21,24)(H,23,25). The molecule has 2 aromatic rings. The molecule has 0 atom stereocenters. The van der Waals surface area contributed by atoms with Crippen LogP contribution in [0.4, 0.5) is 14.5 Å². The lowest BCUT2D eigenvalue weighted by Gasteiger charge is -2.11. The molecule has 0 aliphatic rings. The third-order valence-corrected chi connectivity index (χ3v) is 3.25. The molecule has 7 heteroatoms. The maximum absolute atomic E-state index is 12.8. The number of halogens is 2. The van der Waals surface area contributed by atoms with Crippen LogP contribution in [-0.2, 0) is 9.59 Å². The van der Waals surface area contributed by atoms with Crippen molar-refractivity contribution in [3.63, 3.8) is 0 Å². The van der Waals surface area contributed by atoms with Crippen molar-refractivity contribution < 1.29 is 18.4 Å². The molecule has 0 saturated carbocycles. The maximum atomic E-state index is 12.8. The molecule has 0 unspecified atom stereocenters. The van der Waals surface area contributed by atoms with Gasteiger partial charge in [-0.3, -0.25) is 20.4 Å². The predicted octanol–water partition coefficient (Wildman–Crippen LogP) is 2.98. The number of hydrazine groups is 1. The van der Waals surface area contributed by atoms with Crippen molar-refractivity contribution >= 4 is 23.2 Å². The number of hydrogen-bond donors (Lipinski definition) is 3. The first-order valence-corrected chi connectivity index (χ1v) is 7.49. The fraction of sp³-hybridized carbons (Fsp3) is 0.111. The summed E-state index contributed by atoms with van der Waals surface area (Å²) in [6.45, 7) is 3.73. The fourth-order valence-corrected chi connectivity index (χ4v) is 1.91. The van der Waals surface area contributed by atoms with E-state index in [2.05, 4.69) is 22.7 Å². The molecule has 0 fully saturated rings. The Hall–Kier alpha value is -3.22. The highest BCUT2D eigenvalue weighted by Crippen LogP contribution is 2.10. The molecular weight excluding hydrogens is 328 g/mol. The van der Waals surface area contributed by atoms with Crippen LogP contribution in [0, 0.1) is 11.6 Å². The van der Waals surface area contributed by atoms with Gasteiger partial charge in [0, 0.05) is 18.5 Å². The molecule has 0 heterocycles. The van der Waals surface area contributed by atoms with E-state index in [1.54, 1.807) is 0 Å². The smallest absolute Gasteiger partial charge is 0.238 e. The Balaban J connectivity index is 1.71. The van der Waals surface area contributed by atoms with Gasteiger partial charge in [-0.15, -0.1) is 0 Å². The van der Waals surface area contributed by atoms with Crippen LogP contribution in [0.25, 0.3) is 5.70 Å². The van der Waals surface area contributed by atoms with Crippen molar-refractivity contribution in [2.45, 2.75) is 12.8 Å². The van der Waals surface area contributed by atoms with Crippen LogP contribution in [0.15, 0.2) is 55.1 Å². The van der Waals surface area contributed by atoms with Gasteiger partial charge in [0.25, 0.3) is 0 Å². The van der Waals surface area contributed by atoms with Crippen LogP contribution in [0.3, 0.4) is 0 Å². The minimum absolute atomic E-state index is 0.0338. The minimum Gasteiger partial charge on any atom is -0.326 e. The highest BCUT2D eigenvalue weighted by Gasteiger charge is 2.08. The van der Waals surface area contributed by atoms with E-state index in [1.165, 1.54) is 48.5 Å². The maximum Gasteiger partial charge on any atom is 0.238 e. The number of rotatable bonds is 7. The van der Waals surface area contributed by atoms with Crippen molar-refractivity contribution in [2.75, 3.05) is 5.32 Å². The number of nitrogens with one attached hydrogen (secondary N) is 3. The van der Waals surface area contributed by atoms with Crippen LogP contribution in [-0.4, -0.2) is 11.8 Å². The van der Waals surface area contributed by atoms with Gasteiger partial charge >= 0.3 is 0 Å². The summed E-state index contributed by atoms with van der Waals surface area (Å²) in [5, 5.41) is 2.56. The van der Waals surface area contributed by atoms with E-state index in [0.29, 0.717) is 16.9 Å². The molecule has 130 valence electrons. The predicted molar refractivity (Wildman–Crippen MR) is 91.0 cm³/mol. The fourth-order valence-electron chi connectivity index (χ4n) is 1.91. The SMILES string of the molecule is C=C(NNC(=O)CCC(=O)Nc1ccc(F)cc1)c1ccc(F)cc1. The molecule has 0 aliphatic carbocycles.